The molecule has 0 aromatic heterocycles. The lowest BCUT2D eigenvalue weighted by Crippen LogP contribution is -2.39. The van der Waals surface area contributed by atoms with E-state index >= 15 is 0 Å². The molecule has 0 spiro atoms. The first kappa shape index (κ1) is 18.6. The highest BCUT2D eigenvalue weighted by Gasteiger charge is 2.26. The Bertz CT molecular complexity index is 477. The molecular formula is C14H19F4N3S. The van der Waals surface area contributed by atoms with Crippen LogP contribution in [0.25, 0.3) is 0 Å². The fourth-order valence-corrected chi connectivity index (χ4v) is 2.43. The predicted octanol–water partition coefficient (Wildman–Crippen LogP) is 3.18. The normalized spacial score (nSPS) is 12.3. The SMILES string of the molecule is CN=C(NCCSCc1ccccc1F)NCCC(F)(F)F. The third-order valence-corrected chi connectivity index (χ3v) is 3.69. The Morgan fingerprint density at radius 1 is 1.18 bits per heavy atom. The van der Waals surface area contributed by atoms with E-state index in [2.05, 4.69) is 15.6 Å². The lowest BCUT2D eigenvalue weighted by molar-refractivity contribution is -0.132. The van der Waals surface area contributed by atoms with Crippen molar-refractivity contribution in [3.05, 3.63) is 35.6 Å². The molecule has 0 saturated carbocycles. The number of benzene rings is 1. The van der Waals surface area contributed by atoms with Crippen LogP contribution in [0.15, 0.2) is 29.3 Å². The smallest absolute Gasteiger partial charge is 0.356 e. The monoisotopic (exact) mass is 337 g/mol. The summed E-state index contributed by atoms with van der Waals surface area (Å²) in [6, 6.07) is 6.57. The summed E-state index contributed by atoms with van der Waals surface area (Å²) < 4.78 is 49.4. The van der Waals surface area contributed by atoms with Crippen molar-refractivity contribution in [1.29, 1.82) is 0 Å². The second-order valence-corrected chi connectivity index (χ2v) is 5.54. The molecule has 0 fully saturated rings. The summed E-state index contributed by atoms with van der Waals surface area (Å²) in [5.41, 5.74) is 0.639. The Hall–Kier alpha value is -1.44. The number of nitrogens with one attached hydrogen (secondary N) is 2. The molecular weight excluding hydrogens is 318 g/mol. The highest BCUT2D eigenvalue weighted by atomic mass is 32.2. The molecule has 0 unspecified atom stereocenters. The summed E-state index contributed by atoms with van der Waals surface area (Å²) in [4.78, 5) is 3.84. The van der Waals surface area contributed by atoms with Gasteiger partial charge in [-0.05, 0) is 11.6 Å². The average molecular weight is 337 g/mol. The number of thioether (sulfide) groups is 1. The van der Waals surface area contributed by atoms with Crippen LogP contribution in [0.3, 0.4) is 0 Å². The Labute approximate surface area is 131 Å². The number of rotatable bonds is 7. The Kier molecular flexibility index (Phi) is 8.08. The lowest BCUT2D eigenvalue weighted by atomic mass is 10.2. The van der Waals surface area contributed by atoms with Crippen molar-refractivity contribution in [2.45, 2.75) is 18.3 Å². The minimum Gasteiger partial charge on any atom is -0.356 e. The molecule has 0 amide bonds. The second-order valence-electron chi connectivity index (χ2n) is 4.43. The molecule has 0 saturated heterocycles. The maximum atomic E-state index is 13.4. The van der Waals surface area contributed by atoms with E-state index in [0.29, 0.717) is 29.6 Å². The third kappa shape index (κ3) is 8.11. The van der Waals surface area contributed by atoms with Gasteiger partial charge in [-0.15, -0.1) is 0 Å². The Morgan fingerprint density at radius 2 is 1.86 bits per heavy atom. The highest BCUT2D eigenvalue weighted by molar-refractivity contribution is 7.98. The molecule has 124 valence electrons. The van der Waals surface area contributed by atoms with Crippen molar-refractivity contribution < 1.29 is 17.6 Å². The molecule has 1 aromatic carbocycles. The molecule has 0 atom stereocenters. The van der Waals surface area contributed by atoms with Crippen LogP contribution in [0.2, 0.25) is 0 Å². The minimum atomic E-state index is -4.18. The Balaban J connectivity index is 2.16. The van der Waals surface area contributed by atoms with Gasteiger partial charge in [-0.1, -0.05) is 18.2 Å². The molecule has 0 aliphatic carbocycles. The quantitative estimate of drug-likeness (QED) is 0.347. The van der Waals surface area contributed by atoms with Gasteiger partial charge in [0.15, 0.2) is 5.96 Å². The summed E-state index contributed by atoms with van der Waals surface area (Å²) in [6.07, 6.45) is -5.09. The summed E-state index contributed by atoms with van der Waals surface area (Å²) in [6.45, 7) is 0.316. The van der Waals surface area contributed by atoms with Gasteiger partial charge >= 0.3 is 6.18 Å². The van der Waals surface area contributed by atoms with Gasteiger partial charge < -0.3 is 10.6 Å². The minimum absolute atomic E-state index is 0.217. The van der Waals surface area contributed by atoms with E-state index in [1.165, 1.54) is 24.9 Å². The number of hydrogen-bond acceptors (Lipinski definition) is 2. The lowest BCUT2D eigenvalue weighted by Gasteiger charge is -2.12. The predicted molar refractivity (Wildman–Crippen MR) is 82.6 cm³/mol. The topological polar surface area (TPSA) is 36.4 Å². The van der Waals surface area contributed by atoms with Gasteiger partial charge in [0.1, 0.15) is 5.82 Å². The number of halogens is 4. The van der Waals surface area contributed by atoms with E-state index in [9.17, 15) is 17.6 Å². The standard InChI is InChI=1S/C14H19F4N3S/c1-19-13(20-7-6-14(16,17)18)21-8-9-22-10-11-4-2-3-5-12(11)15/h2-5H,6-10H2,1H3,(H2,19,20,21). The summed E-state index contributed by atoms with van der Waals surface area (Å²) in [5, 5.41) is 5.51. The van der Waals surface area contributed by atoms with E-state index < -0.39 is 12.6 Å². The van der Waals surface area contributed by atoms with E-state index in [0.717, 1.165) is 0 Å². The molecule has 1 rings (SSSR count). The van der Waals surface area contributed by atoms with Crippen LogP contribution in [0, 0.1) is 5.82 Å². The molecule has 0 heterocycles. The molecule has 22 heavy (non-hydrogen) atoms. The number of nitrogens with zero attached hydrogens (tertiary/aromatic N) is 1. The van der Waals surface area contributed by atoms with Crippen LogP contribution in [-0.2, 0) is 5.75 Å². The Morgan fingerprint density at radius 3 is 2.50 bits per heavy atom. The average Bonchev–Trinajstić information content (AvgIpc) is 2.45. The molecule has 8 heteroatoms. The zero-order chi connectivity index (χ0) is 16.4. The van der Waals surface area contributed by atoms with Gasteiger partial charge in [-0.2, -0.15) is 24.9 Å². The van der Waals surface area contributed by atoms with Crippen LogP contribution in [0.1, 0.15) is 12.0 Å². The number of alkyl halides is 3. The van der Waals surface area contributed by atoms with Gasteiger partial charge in [0, 0.05) is 31.6 Å². The van der Waals surface area contributed by atoms with Crippen LogP contribution in [-0.4, -0.2) is 38.0 Å². The van der Waals surface area contributed by atoms with Gasteiger partial charge in [-0.25, -0.2) is 4.39 Å². The molecule has 1 aromatic rings. The number of hydrogen-bond donors (Lipinski definition) is 2. The van der Waals surface area contributed by atoms with E-state index in [4.69, 9.17) is 0 Å². The highest BCUT2D eigenvalue weighted by Crippen LogP contribution is 2.18. The zero-order valence-corrected chi connectivity index (χ0v) is 13.0. The van der Waals surface area contributed by atoms with Crippen LogP contribution < -0.4 is 10.6 Å². The van der Waals surface area contributed by atoms with Crippen LogP contribution >= 0.6 is 11.8 Å². The van der Waals surface area contributed by atoms with E-state index in [1.807, 2.05) is 0 Å². The molecule has 3 nitrogen and oxygen atoms in total. The largest absolute Gasteiger partial charge is 0.390 e. The maximum absolute atomic E-state index is 13.4. The van der Waals surface area contributed by atoms with Crippen LogP contribution in [0.5, 0.6) is 0 Å². The van der Waals surface area contributed by atoms with Crippen molar-refractivity contribution >= 4 is 17.7 Å². The van der Waals surface area contributed by atoms with Gasteiger partial charge in [0.05, 0.1) is 6.42 Å². The summed E-state index contributed by atoms with van der Waals surface area (Å²) in [7, 11) is 1.50. The summed E-state index contributed by atoms with van der Waals surface area (Å²) in [5.74, 6) is 1.34. The van der Waals surface area contributed by atoms with Crippen molar-refractivity contribution in [3.8, 4) is 0 Å². The molecule has 2 N–H and O–H groups in total. The zero-order valence-electron chi connectivity index (χ0n) is 12.2. The fourth-order valence-electron chi connectivity index (χ4n) is 1.58. The van der Waals surface area contributed by atoms with Crippen molar-refractivity contribution in [1.82, 2.24) is 10.6 Å². The molecule has 0 aliphatic heterocycles. The van der Waals surface area contributed by atoms with Crippen molar-refractivity contribution in [2.75, 3.05) is 25.9 Å². The van der Waals surface area contributed by atoms with Crippen molar-refractivity contribution in [2.24, 2.45) is 4.99 Å². The number of aliphatic imine (C=N–C) groups is 1. The van der Waals surface area contributed by atoms with Gasteiger partial charge in [-0.3, -0.25) is 4.99 Å². The third-order valence-electron chi connectivity index (χ3n) is 2.68. The first-order chi connectivity index (χ1) is 10.4. The molecule has 0 aliphatic rings. The van der Waals surface area contributed by atoms with Crippen LogP contribution in [0.4, 0.5) is 17.6 Å². The van der Waals surface area contributed by atoms with Crippen molar-refractivity contribution in [3.63, 3.8) is 0 Å². The number of guanidine groups is 1. The first-order valence-electron chi connectivity index (χ1n) is 6.75. The van der Waals surface area contributed by atoms with E-state index in [-0.39, 0.29) is 12.4 Å². The second kappa shape index (κ2) is 9.55. The van der Waals surface area contributed by atoms with Gasteiger partial charge in [0.2, 0.25) is 0 Å². The summed E-state index contributed by atoms with van der Waals surface area (Å²) >= 11 is 1.54. The first-order valence-corrected chi connectivity index (χ1v) is 7.90. The van der Waals surface area contributed by atoms with E-state index in [1.54, 1.807) is 18.2 Å². The molecule has 0 radical (unpaired) electrons. The maximum Gasteiger partial charge on any atom is 0.390 e. The fraction of sp³-hybridized carbons (Fsp3) is 0.500. The van der Waals surface area contributed by atoms with Gasteiger partial charge in [0.25, 0.3) is 0 Å². The molecule has 0 bridgehead atoms.